The summed E-state index contributed by atoms with van der Waals surface area (Å²) in [5, 5.41) is 13.5. The van der Waals surface area contributed by atoms with E-state index in [4.69, 9.17) is 16.3 Å². The minimum atomic E-state index is -3.80. The van der Waals surface area contributed by atoms with Gasteiger partial charge in [-0.1, -0.05) is 17.7 Å². The molecule has 2 rings (SSSR count). The lowest BCUT2D eigenvalue weighted by molar-refractivity contribution is -0.385. The maximum Gasteiger partial charge on any atom is 0.310 e. The quantitative estimate of drug-likeness (QED) is 0.536. The van der Waals surface area contributed by atoms with Gasteiger partial charge in [0.1, 0.15) is 4.90 Å². The molecule has 0 heterocycles. The molecule has 11 heteroatoms. The van der Waals surface area contributed by atoms with Gasteiger partial charge in [0.25, 0.3) is 5.91 Å². The van der Waals surface area contributed by atoms with Crippen LogP contribution in [0.2, 0.25) is 5.02 Å². The van der Waals surface area contributed by atoms with Crippen LogP contribution in [0.15, 0.2) is 41.3 Å². The van der Waals surface area contributed by atoms with E-state index in [1.165, 1.54) is 44.4 Å². The van der Waals surface area contributed by atoms with Crippen LogP contribution < -0.4 is 10.1 Å². The monoisotopic (exact) mass is 427 g/mol. The van der Waals surface area contributed by atoms with Crippen LogP contribution in [0.3, 0.4) is 0 Å². The zero-order valence-electron chi connectivity index (χ0n) is 15.3. The summed E-state index contributed by atoms with van der Waals surface area (Å²) in [6.45, 7) is 1.24. The molecule has 0 spiro atoms. The molecule has 0 bridgehead atoms. The molecule has 2 aromatic carbocycles. The van der Waals surface area contributed by atoms with E-state index in [9.17, 15) is 23.3 Å². The van der Waals surface area contributed by atoms with Crippen LogP contribution in [-0.2, 0) is 14.8 Å². The molecule has 0 radical (unpaired) electrons. The minimum Gasteiger partial charge on any atom is -0.477 e. The summed E-state index contributed by atoms with van der Waals surface area (Å²) < 4.78 is 30.8. The van der Waals surface area contributed by atoms with Gasteiger partial charge in [-0.15, -0.1) is 0 Å². The van der Waals surface area contributed by atoms with Gasteiger partial charge >= 0.3 is 5.69 Å². The highest BCUT2D eigenvalue weighted by Crippen LogP contribution is 2.28. The van der Waals surface area contributed by atoms with Gasteiger partial charge in [-0.3, -0.25) is 14.9 Å². The molecule has 0 aliphatic carbocycles. The summed E-state index contributed by atoms with van der Waals surface area (Å²) in [6, 6.07) is 8.32. The molecule has 0 atom stereocenters. The smallest absolute Gasteiger partial charge is 0.310 e. The lowest BCUT2D eigenvalue weighted by atomic mass is 10.2. The molecule has 0 aliphatic rings. The highest BCUT2D eigenvalue weighted by molar-refractivity contribution is 7.89. The fraction of sp³-hybridized carbons (Fsp3) is 0.235. The van der Waals surface area contributed by atoms with Gasteiger partial charge in [0.2, 0.25) is 10.0 Å². The Morgan fingerprint density at radius 1 is 1.25 bits per heavy atom. The number of amides is 1. The van der Waals surface area contributed by atoms with Gasteiger partial charge in [-0.2, -0.15) is 0 Å². The molecule has 0 fully saturated rings. The Balaban J connectivity index is 2.15. The molecule has 9 nitrogen and oxygen atoms in total. The third kappa shape index (κ3) is 4.97. The standard InChI is InChI=1S/C17H18ClN3O6S/c1-11-4-7-14(21(23)24)15(8-11)27-10-17(22)19-12-5-6-13(18)16(9-12)28(25,26)20(2)3/h4-9H,10H2,1-3H3,(H,19,22). The average molecular weight is 428 g/mol. The first kappa shape index (κ1) is 21.6. The Kier molecular flexibility index (Phi) is 6.60. The molecular formula is C17H18ClN3O6S. The third-order valence-electron chi connectivity index (χ3n) is 3.64. The molecule has 28 heavy (non-hydrogen) atoms. The van der Waals surface area contributed by atoms with E-state index >= 15 is 0 Å². The Morgan fingerprint density at radius 3 is 2.54 bits per heavy atom. The van der Waals surface area contributed by atoms with Crippen molar-refractivity contribution < 1.29 is 22.9 Å². The zero-order valence-corrected chi connectivity index (χ0v) is 16.9. The fourth-order valence-electron chi connectivity index (χ4n) is 2.20. The molecule has 0 aromatic heterocycles. The number of aryl methyl sites for hydroxylation is 1. The number of nitro benzene ring substituents is 1. The second-order valence-electron chi connectivity index (χ2n) is 6.00. The van der Waals surface area contributed by atoms with Crippen molar-refractivity contribution in [1.82, 2.24) is 4.31 Å². The van der Waals surface area contributed by atoms with E-state index in [0.717, 1.165) is 9.87 Å². The molecule has 0 unspecified atom stereocenters. The Hall–Kier alpha value is -2.69. The summed E-state index contributed by atoms with van der Waals surface area (Å²) in [4.78, 5) is 22.4. The van der Waals surface area contributed by atoms with Crippen LogP contribution >= 0.6 is 11.6 Å². The van der Waals surface area contributed by atoms with Crippen LogP contribution in [0.25, 0.3) is 0 Å². The van der Waals surface area contributed by atoms with Crippen LogP contribution in [0.5, 0.6) is 5.75 Å². The maximum atomic E-state index is 12.3. The van der Waals surface area contributed by atoms with Crippen molar-refractivity contribution in [3.63, 3.8) is 0 Å². The number of ether oxygens (including phenoxy) is 1. The summed E-state index contributed by atoms with van der Waals surface area (Å²) in [5.41, 5.74) is 0.665. The Labute approximate surface area is 167 Å². The Bertz CT molecular complexity index is 1020. The SMILES string of the molecule is Cc1ccc([N+](=O)[O-])c(OCC(=O)Nc2ccc(Cl)c(S(=O)(=O)N(C)C)c2)c1. The second-order valence-corrected chi connectivity index (χ2v) is 8.53. The number of nitrogens with one attached hydrogen (secondary N) is 1. The first-order valence-corrected chi connectivity index (χ1v) is 9.74. The normalized spacial score (nSPS) is 11.3. The number of nitro groups is 1. The highest BCUT2D eigenvalue weighted by atomic mass is 35.5. The van der Waals surface area contributed by atoms with Crippen molar-refractivity contribution in [3.8, 4) is 5.75 Å². The van der Waals surface area contributed by atoms with E-state index in [1.807, 2.05) is 0 Å². The predicted molar refractivity (Wildman–Crippen MR) is 104 cm³/mol. The van der Waals surface area contributed by atoms with E-state index in [-0.39, 0.29) is 27.0 Å². The van der Waals surface area contributed by atoms with Gasteiger partial charge in [0.15, 0.2) is 12.4 Å². The van der Waals surface area contributed by atoms with Gasteiger partial charge in [-0.25, -0.2) is 12.7 Å². The summed E-state index contributed by atoms with van der Waals surface area (Å²) in [7, 11) is -1.08. The summed E-state index contributed by atoms with van der Waals surface area (Å²) in [6.07, 6.45) is 0. The first-order valence-electron chi connectivity index (χ1n) is 7.92. The van der Waals surface area contributed by atoms with Gasteiger partial charge in [0.05, 0.1) is 9.95 Å². The van der Waals surface area contributed by atoms with Crippen LogP contribution in [-0.4, -0.2) is 44.3 Å². The van der Waals surface area contributed by atoms with Crippen molar-refractivity contribution in [2.24, 2.45) is 0 Å². The molecule has 2 aromatic rings. The highest BCUT2D eigenvalue weighted by Gasteiger charge is 2.22. The number of hydrogen-bond donors (Lipinski definition) is 1. The number of hydrogen-bond acceptors (Lipinski definition) is 6. The van der Waals surface area contributed by atoms with Gasteiger partial charge in [0, 0.05) is 25.8 Å². The first-order chi connectivity index (χ1) is 13.0. The number of sulfonamides is 1. The number of halogens is 1. The van der Waals surface area contributed by atoms with E-state index in [2.05, 4.69) is 5.32 Å². The number of carbonyl (C=O) groups is 1. The number of anilines is 1. The molecule has 0 saturated carbocycles. The van der Waals surface area contributed by atoms with Crippen LogP contribution in [0, 0.1) is 17.0 Å². The van der Waals surface area contributed by atoms with Crippen molar-refractivity contribution in [2.45, 2.75) is 11.8 Å². The number of carbonyl (C=O) groups excluding carboxylic acids is 1. The van der Waals surface area contributed by atoms with Crippen molar-refractivity contribution in [2.75, 3.05) is 26.0 Å². The number of benzene rings is 2. The molecule has 0 aliphatic heterocycles. The third-order valence-corrected chi connectivity index (χ3v) is 5.94. The fourth-order valence-corrected chi connectivity index (χ4v) is 3.60. The lowest BCUT2D eigenvalue weighted by Crippen LogP contribution is -2.23. The molecule has 1 N–H and O–H groups in total. The lowest BCUT2D eigenvalue weighted by Gasteiger charge is -2.14. The molecule has 0 saturated heterocycles. The van der Waals surface area contributed by atoms with Crippen molar-refractivity contribution in [1.29, 1.82) is 0 Å². The van der Waals surface area contributed by atoms with E-state index in [0.29, 0.717) is 0 Å². The average Bonchev–Trinajstić information content (AvgIpc) is 2.61. The van der Waals surface area contributed by atoms with Crippen LogP contribution in [0.1, 0.15) is 5.56 Å². The van der Waals surface area contributed by atoms with Gasteiger partial charge in [-0.05, 0) is 36.8 Å². The minimum absolute atomic E-state index is 0.0123. The van der Waals surface area contributed by atoms with Crippen molar-refractivity contribution >= 4 is 38.9 Å². The largest absolute Gasteiger partial charge is 0.477 e. The van der Waals surface area contributed by atoms with E-state index in [1.54, 1.807) is 13.0 Å². The maximum absolute atomic E-state index is 12.3. The van der Waals surface area contributed by atoms with E-state index < -0.39 is 27.5 Å². The van der Waals surface area contributed by atoms with Gasteiger partial charge < -0.3 is 10.1 Å². The van der Waals surface area contributed by atoms with Crippen LogP contribution in [0.4, 0.5) is 11.4 Å². The number of rotatable bonds is 7. The van der Waals surface area contributed by atoms with Crippen molar-refractivity contribution in [3.05, 3.63) is 57.1 Å². The summed E-state index contributed by atoms with van der Waals surface area (Å²) in [5.74, 6) is -0.654. The molecular weight excluding hydrogens is 410 g/mol. The Morgan fingerprint density at radius 2 is 1.93 bits per heavy atom. The molecule has 150 valence electrons. The predicted octanol–water partition coefficient (Wildman–Crippen LogP) is 2.82. The number of nitrogens with zero attached hydrogens (tertiary/aromatic N) is 2. The zero-order chi connectivity index (χ0) is 21.1. The second kappa shape index (κ2) is 8.55. The summed E-state index contributed by atoms with van der Waals surface area (Å²) >= 11 is 5.96. The topological polar surface area (TPSA) is 119 Å². The molecule has 1 amide bonds.